The van der Waals surface area contributed by atoms with Crippen molar-refractivity contribution in [2.75, 3.05) is 26.2 Å². The number of benzene rings is 1. The van der Waals surface area contributed by atoms with Crippen molar-refractivity contribution in [2.24, 2.45) is 0 Å². The minimum absolute atomic E-state index is 0.176. The Morgan fingerprint density at radius 1 is 1.30 bits per heavy atom. The Kier molecular flexibility index (Phi) is 3.83. The molecule has 1 aromatic carbocycles. The Bertz CT molecular complexity index is 724. The highest BCUT2D eigenvalue weighted by Gasteiger charge is 2.26. The van der Waals surface area contributed by atoms with Crippen molar-refractivity contribution in [1.29, 1.82) is 0 Å². The highest BCUT2D eigenvalue weighted by atomic mass is 16.3. The SMILES string of the molecule is O=C(CN1CCCC(O)C1)N1CCc2[nH]c3ccccc3c2C1. The van der Waals surface area contributed by atoms with Gasteiger partial charge in [-0.25, -0.2) is 0 Å². The summed E-state index contributed by atoms with van der Waals surface area (Å²) in [5.41, 5.74) is 3.69. The molecule has 1 amide bonds. The summed E-state index contributed by atoms with van der Waals surface area (Å²) in [7, 11) is 0. The number of rotatable bonds is 2. The van der Waals surface area contributed by atoms with Gasteiger partial charge in [0.05, 0.1) is 12.6 Å². The Balaban J connectivity index is 1.48. The number of hydrogen-bond donors (Lipinski definition) is 2. The number of aliphatic hydroxyl groups is 1. The fourth-order valence-corrected chi connectivity index (χ4v) is 3.85. The largest absolute Gasteiger partial charge is 0.392 e. The number of fused-ring (bicyclic) bond motifs is 3. The first-order chi connectivity index (χ1) is 11.2. The molecule has 3 heterocycles. The smallest absolute Gasteiger partial charge is 0.237 e. The molecule has 2 aromatic rings. The molecule has 0 spiro atoms. The van der Waals surface area contributed by atoms with E-state index in [-0.39, 0.29) is 12.0 Å². The maximum absolute atomic E-state index is 12.6. The Morgan fingerprint density at radius 3 is 3.04 bits per heavy atom. The lowest BCUT2D eigenvalue weighted by atomic mass is 10.0. The van der Waals surface area contributed by atoms with Crippen LogP contribution in [0.4, 0.5) is 0 Å². The zero-order valence-corrected chi connectivity index (χ0v) is 13.3. The van der Waals surface area contributed by atoms with E-state index >= 15 is 0 Å². The van der Waals surface area contributed by atoms with Crippen LogP contribution in [0.15, 0.2) is 24.3 Å². The predicted molar refractivity (Wildman–Crippen MR) is 89.1 cm³/mol. The van der Waals surface area contributed by atoms with Crippen molar-refractivity contribution in [1.82, 2.24) is 14.8 Å². The second-order valence-electron chi connectivity index (χ2n) is 6.72. The average molecular weight is 313 g/mol. The molecular formula is C18H23N3O2. The Morgan fingerprint density at radius 2 is 2.17 bits per heavy atom. The van der Waals surface area contributed by atoms with Gasteiger partial charge in [0.1, 0.15) is 0 Å². The van der Waals surface area contributed by atoms with Crippen LogP contribution < -0.4 is 0 Å². The van der Waals surface area contributed by atoms with Crippen LogP contribution >= 0.6 is 0 Å². The number of hydrogen-bond acceptors (Lipinski definition) is 3. The number of H-pyrrole nitrogens is 1. The quantitative estimate of drug-likeness (QED) is 0.883. The Hall–Kier alpha value is -1.85. The number of nitrogens with one attached hydrogen (secondary N) is 1. The summed E-state index contributed by atoms with van der Waals surface area (Å²) in [6.45, 7) is 3.42. The molecule has 2 N–H and O–H groups in total. The van der Waals surface area contributed by atoms with E-state index in [1.165, 1.54) is 16.6 Å². The van der Waals surface area contributed by atoms with Gasteiger partial charge in [-0.05, 0) is 25.5 Å². The van der Waals surface area contributed by atoms with Gasteiger partial charge in [-0.3, -0.25) is 9.69 Å². The zero-order valence-electron chi connectivity index (χ0n) is 13.3. The molecule has 0 saturated carbocycles. The van der Waals surface area contributed by atoms with Gasteiger partial charge in [-0.1, -0.05) is 18.2 Å². The van der Waals surface area contributed by atoms with Crippen LogP contribution in [-0.4, -0.2) is 58.1 Å². The first-order valence-electron chi connectivity index (χ1n) is 8.47. The molecule has 1 atom stereocenters. The van der Waals surface area contributed by atoms with Crippen molar-refractivity contribution >= 4 is 16.8 Å². The molecule has 0 radical (unpaired) electrons. The van der Waals surface area contributed by atoms with Crippen LogP contribution in [0.3, 0.4) is 0 Å². The van der Waals surface area contributed by atoms with E-state index in [1.54, 1.807) is 0 Å². The first kappa shape index (κ1) is 14.7. The number of β-amino-alcohol motifs (C(OH)–C–C–N with tert-alkyl or cyclic N) is 1. The van der Waals surface area contributed by atoms with Gasteiger partial charge in [0.15, 0.2) is 0 Å². The molecule has 0 aliphatic carbocycles. The van der Waals surface area contributed by atoms with Crippen molar-refractivity contribution < 1.29 is 9.90 Å². The molecule has 1 unspecified atom stereocenters. The topological polar surface area (TPSA) is 59.6 Å². The number of para-hydroxylation sites is 1. The van der Waals surface area contributed by atoms with Crippen molar-refractivity contribution in [3.05, 3.63) is 35.5 Å². The standard InChI is InChI=1S/C18H23N3O2/c22-13-4-3-8-20(10-13)12-18(23)21-9-7-17-15(11-21)14-5-1-2-6-16(14)19-17/h1-2,5-6,13,19,22H,3-4,7-12H2. The summed E-state index contributed by atoms with van der Waals surface area (Å²) >= 11 is 0. The molecule has 5 heteroatoms. The molecule has 4 rings (SSSR count). The average Bonchev–Trinajstić information content (AvgIpc) is 2.92. The van der Waals surface area contributed by atoms with Gasteiger partial charge in [-0.15, -0.1) is 0 Å². The van der Waals surface area contributed by atoms with E-state index < -0.39 is 0 Å². The van der Waals surface area contributed by atoms with Crippen molar-refractivity contribution in [3.8, 4) is 0 Å². The summed E-state index contributed by atoms with van der Waals surface area (Å²) in [5.74, 6) is 0.176. The van der Waals surface area contributed by atoms with E-state index in [9.17, 15) is 9.90 Å². The lowest BCUT2D eigenvalue weighted by molar-refractivity contribution is -0.134. The molecule has 1 aromatic heterocycles. The fraction of sp³-hybridized carbons (Fsp3) is 0.500. The predicted octanol–water partition coefficient (Wildman–Crippen LogP) is 1.51. The minimum atomic E-state index is -0.280. The molecule has 2 aliphatic heterocycles. The summed E-state index contributed by atoms with van der Waals surface area (Å²) in [5, 5.41) is 11.0. The van der Waals surface area contributed by atoms with Gasteiger partial charge in [0.25, 0.3) is 0 Å². The number of carbonyl (C=O) groups excluding carboxylic acids is 1. The molecule has 23 heavy (non-hydrogen) atoms. The van der Waals surface area contributed by atoms with E-state index in [1.807, 2.05) is 17.0 Å². The van der Waals surface area contributed by atoms with Crippen LogP contribution in [0, 0.1) is 0 Å². The number of amides is 1. The third kappa shape index (κ3) is 2.86. The summed E-state index contributed by atoms with van der Waals surface area (Å²) in [4.78, 5) is 20.2. The van der Waals surface area contributed by atoms with Crippen LogP contribution in [0.1, 0.15) is 24.1 Å². The van der Waals surface area contributed by atoms with Gasteiger partial charge in [-0.2, -0.15) is 0 Å². The van der Waals surface area contributed by atoms with Gasteiger partial charge >= 0.3 is 0 Å². The monoisotopic (exact) mass is 313 g/mol. The molecular weight excluding hydrogens is 290 g/mol. The maximum Gasteiger partial charge on any atom is 0.237 e. The van der Waals surface area contributed by atoms with Crippen LogP contribution in [0.5, 0.6) is 0 Å². The van der Waals surface area contributed by atoms with Crippen LogP contribution in [0.25, 0.3) is 10.9 Å². The fourth-order valence-electron chi connectivity index (χ4n) is 3.85. The lowest BCUT2D eigenvalue weighted by Gasteiger charge is -2.33. The van der Waals surface area contributed by atoms with Crippen molar-refractivity contribution in [3.63, 3.8) is 0 Å². The summed E-state index contributed by atoms with van der Waals surface area (Å²) < 4.78 is 0. The molecule has 2 aliphatic rings. The van der Waals surface area contributed by atoms with Gasteiger partial charge in [0.2, 0.25) is 5.91 Å². The second-order valence-corrected chi connectivity index (χ2v) is 6.72. The lowest BCUT2D eigenvalue weighted by Crippen LogP contribution is -2.46. The highest BCUT2D eigenvalue weighted by molar-refractivity contribution is 5.86. The van der Waals surface area contributed by atoms with E-state index in [0.29, 0.717) is 19.6 Å². The Labute approximate surface area is 135 Å². The third-order valence-electron chi connectivity index (χ3n) is 5.07. The normalized spacial score (nSPS) is 22.3. The van der Waals surface area contributed by atoms with Crippen LogP contribution in [0.2, 0.25) is 0 Å². The number of aromatic amines is 1. The number of likely N-dealkylation sites (tertiary alicyclic amines) is 1. The van der Waals surface area contributed by atoms with E-state index in [4.69, 9.17) is 0 Å². The summed E-state index contributed by atoms with van der Waals surface area (Å²) in [6, 6.07) is 8.30. The number of carbonyl (C=O) groups is 1. The molecule has 122 valence electrons. The maximum atomic E-state index is 12.6. The number of aromatic nitrogens is 1. The number of piperidine rings is 1. The van der Waals surface area contributed by atoms with Crippen LogP contribution in [-0.2, 0) is 17.8 Å². The molecule has 0 bridgehead atoms. The zero-order chi connectivity index (χ0) is 15.8. The molecule has 1 saturated heterocycles. The second kappa shape index (κ2) is 5.98. The van der Waals surface area contributed by atoms with Gasteiger partial charge < -0.3 is 15.0 Å². The highest BCUT2D eigenvalue weighted by Crippen LogP contribution is 2.27. The van der Waals surface area contributed by atoms with Crippen molar-refractivity contribution in [2.45, 2.75) is 31.9 Å². The number of nitrogens with zero attached hydrogens (tertiary/aromatic N) is 2. The van der Waals surface area contributed by atoms with Gasteiger partial charge in [0, 0.05) is 48.2 Å². The molecule has 1 fully saturated rings. The summed E-state index contributed by atoms with van der Waals surface area (Å²) in [6.07, 6.45) is 2.44. The minimum Gasteiger partial charge on any atom is -0.392 e. The third-order valence-corrected chi connectivity index (χ3v) is 5.07. The van der Waals surface area contributed by atoms with E-state index in [0.717, 1.165) is 37.9 Å². The molecule has 5 nitrogen and oxygen atoms in total. The first-order valence-corrected chi connectivity index (χ1v) is 8.47. The van der Waals surface area contributed by atoms with E-state index in [2.05, 4.69) is 22.0 Å². The number of aliphatic hydroxyl groups excluding tert-OH is 1.